The fourth-order valence-electron chi connectivity index (χ4n) is 1.80. The molecule has 2 aromatic heterocycles. The smallest absolute Gasteiger partial charge is 0.358 e. The quantitative estimate of drug-likeness (QED) is 0.603. The second-order valence-electron chi connectivity index (χ2n) is 4.36. The van der Waals surface area contributed by atoms with Crippen molar-refractivity contribution in [1.82, 2.24) is 19.7 Å². The monoisotopic (exact) mass is 245 g/mol. The maximum Gasteiger partial charge on any atom is 0.401 e. The Morgan fingerprint density at radius 2 is 2.11 bits per heavy atom. The van der Waals surface area contributed by atoms with E-state index in [1.54, 1.807) is 29.3 Å². The molecule has 0 N–H and O–H groups in total. The first-order valence-corrected chi connectivity index (χ1v) is 5.73. The molecular formula is C11H11N5O2. The van der Waals surface area contributed by atoms with Gasteiger partial charge in [0.05, 0.1) is 17.8 Å². The molecule has 3 rings (SSSR count). The number of nitrogens with zero attached hydrogens (tertiary/aromatic N) is 5. The Morgan fingerprint density at radius 1 is 1.39 bits per heavy atom. The Labute approximate surface area is 103 Å². The average Bonchev–Trinajstić information content (AvgIpc) is 3.07. The van der Waals surface area contributed by atoms with Gasteiger partial charge < -0.3 is 10.1 Å². The molecule has 1 aliphatic rings. The SMILES string of the molecule is O=[N+]([O-])c1nn(CC2CC2)cc1-c1ncccn1. The van der Waals surface area contributed by atoms with E-state index in [4.69, 9.17) is 0 Å². The Hall–Kier alpha value is -2.31. The minimum absolute atomic E-state index is 0.179. The van der Waals surface area contributed by atoms with Crippen molar-refractivity contribution < 1.29 is 4.92 Å². The van der Waals surface area contributed by atoms with Crippen LogP contribution in [-0.2, 0) is 6.54 Å². The molecule has 7 nitrogen and oxygen atoms in total. The predicted octanol–water partition coefficient (Wildman–Crippen LogP) is 1.66. The summed E-state index contributed by atoms with van der Waals surface area (Å²) in [7, 11) is 0. The summed E-state index contributed by atoms with van der Waals surface area (Å²) in [6.07, 6.45) is 7.12. The van der Waals surface area contributed by atoms with Crippen molar-refractivity contribution in [2.24, 2.45) is 5.92 Å². The van der Waals surface area contributed by atoms with E-state index in [-0.39, 0.29) is 5.82 Å². The van der Waals surface area contributed by atoms with E-state index in [0.29, 0.717) is 17.3 Å². The van der Waals surface area contributed by atoms with Crippen LogP contribution in [0, 0.1) is 16.0 Å². The molecule has 7 heteroatoms. The summed E-state index contributed by atoms with van der Waals surface area (Å²) in [6, 6.07) is 1.67. The number of rotatable bonds is 4. The van der Waals surface area contributed by atoms with Crippen molar-refractivity contribution in [3.63, 3.8) is 0 Å². The van der Waals surface area contributed by atoms with Crippen LogP contribution in [0.15, 0.2) is 24.7 Å². The van der Waals surface area contributed by atoms with Crippen molar-refractivity contribution in [3.05, 3.63) is 34.8 Å². The summed E-state index contributed by atoms with van der Waals surface area (Å²) < 4.78 is 1.63. The lowest BCUT2D eigenvalue weighted by Gasteiger charge is -1.93. The molecule has 0 saturated heterocycles. The zero-order valence-corrected chi connectivity index (χ0v) is 9.56. The lowest BCUT2D eigenvalue weighted by atomic mass is 10.3. The van der Waals surface area contributed by atoms with Crippen molar-refractivity contribution in [2.75, 3.05) is 0 Å². The topological polar surface area (TPSA) is 86.7 Å². The van der Waals surface area contributed by atoms with Crippen LogP contribution < -0.4 is 0 Å². The van der Waals surface area contributed by atoms with Crippen molar-refractivity contribution in [1.29, 1.82) is 0 Å². The zero-order valence-electron chi connectivity index (χ0n) is 9.56. The molecule has 0 spiro atoms. The highest BCUT2D eigenvalue weighted by molar-refractivity contribution is 5.63. The van der Waals surface area contributed by atoms with Gasteiger partial charge in [-0.3, -0.25) is 0 Å². The highest BCUT2D eigenvalue weighted by atomic mass is 16.6. The summed E-state index contributed by atoms with van der Waals surface area (Å²) in [5.74, 6) is 0.766. The fraction of sp³-hybridized carbons (Fsp3) is 0.364. The average molecular weight is 245 g/mol. The van der Waals surface area contributed by atoms with E-state index in [9.17, 15) is 10.1 Å². The first kappa shape index (κ1) is 10.8. The molecule has 92 valence electrons. The van der Waals surface area contributed by atoms with E-state index >= 15 is 0 Å². The third-order valence-electron chi connectivity index (χ3n) is 2.86. The molecule has 2 aromatic rings. The fourth-order valence-corrected chi connectivity index (χ4v) is 1.80. The minimum atomic E-state index is -0.491. The third-order valence-corrected chi connectivity index (χ3v) is 2.86. The van der Waals surface area contributed by atoms with Crippen molar-refractivity contribution in [2.45, 2.75) is 19.4 Å². The molecule has 0 bridgehead atoms. The van der Waals surface area contributed by atoms with Crippen molar-refractivity contribution >= 4 is 5.82 Å². The van der Waals surface area contributed by atoms with Gasteiger partial charge in [-0.05, 0) is 29.7 Å². The summed E-state index contributed by atoms with van der Waals surface area (Å²) in [5.41, 5.74) is 0.376. The predicted molar refractivity (Wildman–Crippen MR) is 62.6 cm³/mol. The van der Waals surface area contributed by atoms with E-state index in [1.807, 2.05) is 0 Å². The standard InChI is InChI=1S/C11H11N5O2/c17-16(18)11-9(10-12-4-1-5-13-10)7-15(14-11)6-8-2-3-8/h1,4-5,7-8H,2-3,6H2. The molecule has 0 radical (unpaired) electrons. The van der Waals surface area contributed by atoms with Gasteiger partial charge in [0.1, 0.15) is 5.56 Å². The van der Waals surface area contributed by atoms with Crippen LogP contribution in [-0.4, -0.2) is 24.7 Å². The first-order valence-electron chi connectivity index (χ1n) is 5.73. The highest BCUT2D eigenvalue weighted by Gasteiger charge is 2.28. The number of hydrogen-bond acceptors (Lipinski definition) is 5. The van der Waals surface area contributed by atoms with Gasteiger partial charge in [-0.25, -0.2) is 9.97 Å². The summed E-state index contributed by atoms with van der Waals surface area (Å²) in [6.45, 7) is 0.730. The molecule has 0 atom stereocenters. The number of nitro groups is 1. The van der Waals surface area contributed by atoms with Gasteiger partial charge in [0, 0.05) is 12.4 Å². The first-order chi connectivity index (χ1) is 8.74. The zero-order chi connectivity index (χ0) is 12.5. The third kappa shape index (κ3) is 2.06. The lowest BCUT2D eigenvalue weighted by Crippen LogP contribution is -2.00. The second kappa shape index (κ2) is 4.17. The van der Waals surface area contributed by atoms with Crippen LogP contribution in [0.5, 0.6) is 0 Å². The molecule has 0 unspecified atom stereocenters. The van der Waals surface area contributed by atoms with E-state index < -0.39 is 4.92 Å². The Morgan fingerprint density at radius 3 is 2.72 bits per heavy atom. The van der Waals surface area contributed by atoms with Crippen LogP contribution in [0.25, 0.3) is 11.4 Å². The summed E-state index contributed by atoms with van der Waals surface area (Å²) in [4.78, 5) is 18.6. The van der Waals surface area contributed by atoms with Crippen molar-refractivity contribution in [3.8, 4) is 11.4 Å². The second-order valence-corrected chi connectivity index (χ2v) is 4.36. The molecule has 1 aliphatic carbocycles. The Bertz CT molecular complexity index is 576. The normalized spacial score (nSPS) is 14.7. The van der Waals surface area contributed by atoms with Crippen LogP contribution in [0.4, 0.5) is 5.82 Å². The van der Waals surface area contributed by atoms with Crippen LogP contribution >= 0.6 is 0 Å². The van der Waals surface area contributed by atoms with Gasteiger partial charge in [0.2, 0.25) is 0 Å². The van der Waals surface area contributed by atoms with Crippen LogP contribution in [0.3, 0.4) is 0 Å². The molecule has 0 aromatic carbocycles. The largest absolute Gasteiger partial charge is 0.401 e. The van der Waals surface area contributed by atoms with E-state index in [0.717, 1.165) is 6.54 Å². The lowest BCUT2D eigenvalue weighted by molar-refractivity contribution is -0.389. The highest BCUT2D eigenvalue weighted by Crippen LogP contribution is 2.32. The molecule has 1 saturated carbocycles. The van der Waals surface area contributed by atoms with Gasteiger partial charge in [0.15, 0.2) is 5.82 Å². The molecule has 0 aliphatic heterocycles. The maximum atomic E-state index is 11.0. The molecule has 0 amide bonds. The maximum absolute atomic E-state index is 11.0. The van der Waals surface area contributed by atoms with Gasteiger partial charge in [-0.2, -0.15) is 4.68 Å². The van der Waals surface area contributed by atoms with Gasteiger partial charge in [-0.15, -0.1) is 0 Å². The number of aromatic nitrogens is 4. The summed E-state index contributed by atoms with van der Waals surface area (Å²) in [5, 5.41) is 15.0. The van der Waals surface area contributed by atoms with Gasteiger partial charge in [-0.1, -0.05) is 0 Å². The van der Waals surface area contributed by atoms with E-state index in [1.165, 1.54) is 12.8 Å². The minimum Gasteiger partial charge on any atom is -0.358 e. The summed E-state index contributed by atoms with van der Waals surface area (Å²) >= 11 is 0. The van der Waals surface area contributed by atoms with E-state index in [2.05, 4.69) is 15.1 Å². The molecular weight excluding hydrogens is 234 g/mol. The number of hydrogen-bond donors (Lipinski definition) is 0. The van der Waals surface area contributed by atoms with Crippen LogP contribution in [0.2, 0.25) is 0 Å². The van der Waals surface area contributed by atoms with Gasteiger partial charge >= 0.3 is 5.82 Å². The van der Waals surface area contributed by atoms with Gasteiger partial charge in [0.25, 0.3) is 0 Å². The van der Waals surface area contributed by atoms with Crippen LogP contribution in [0.1, 0.15) is 12.8 Å². The Balaban J connectivity index is 2.00. The Kier molecular flexibility index (Phi) is 2.51. The molecule has 1 fully saturated rings. The molecule has 18 heavy (non-hydrogen) atoms. The molecule has 2 heterocycles.